The van der Waals surface area contributed by atoms with Crippen molar-refractivity contribution in [2.45, 2.75) is 44.7 Å². The highest BCUT2D eigenvalue weighted by Crippen LogP contribution is 2.31. The van der Waals surface area contributed by atoms with Gasteiger partial charge in [-0.1, -0.05) is 23.7 Å². The molecule has 0 aliphatic heterocycles. The SMILES string of the molecule is C[C@H](NCCCNC(=N)N)c1ccc(-n2cc3cc(-c4cc(CCC[C@@H](N)CF)cc(Cl)c4F)[nH]c3nc2=O)cc1. The zero-order valence-electron chi connectivity index (χ0n) is 22.8. The van der Waals surface area contributed by atoms with Crippen LogP contribution in [0.3, 0.4) is 0 Å². The summed E-state index contributed by atoms with van der Waals surface area (Å²) in [6, 6.07) is 12.2. The lowest BCUT2D eigenvalue weighted by Crippen LogP contribution is -2.32. The van der Waals surface area contributed by atoms with E-state index >= 15 is 4.39 Å². The van der Waals surface area contributed by atoms with Crippen LogP contribution in [0.5, 0.6) is 0 Å². The summed E-state index contributed by atoms with van der Waals surface area (Å²) in [5, 5.41) is 14.0. The first kappa shape index (κ1) is 30.2. The minimum Gasteiger partial charge on any atom is -0.370 e. The van der Waals surface area contributed by atoms with E-state index in [1.165, 1.54) is 4.57 Å². The number of fused-ring (bicyclic) bond motifs is 1. The predicted octanol–water partition coefficient (Wildman–Crippen LogP) is 4.32. The second-order valence-electron chi connectivity index (χ2n) is 10.1. The Balaban J connectivity index is 1.51. The molecular formula is C29H35ClF2N8O. The molecule has 2 atom stereocenters. The average molecular weight is 585 g/mol. The van der Waals surface area contributed by atoms with Gasteiger partial charge in [-0.2, -0.15) is 4.98 Å². The van der Waals surface area contributed by atoms with Crippen LogP contribution in [0.25, 0.3) is 28.0 Å². The first-order valence-corrected chi connectivity index (χ1v) is 13.9. The molecule has 218 valence electrons. The average Bonchev–Trinajstić information content (AvgIpc) is 3.36. The fourth-order valence-corrected chi connectivity index (χ4v) is 4.87. The number of aryl methyl sites for hydroxylation is 1. The molecule has 4 aromatic rings. The van der Waals surface area contributed by atoms with E-state index in [2.05, 4.69) is 20.6 Å². The van der Waals surface area contributed by atoms with Gasteiger partial charge in [-0.3, -0.25) is 9.98 Å². The number of hydrogen-bond donors (Lipinski definition) is 6. The van der Waals surface area contributed by atoms with Gasteiger partial charge in [0, 0.05) is 35.8 Å². The van der Waals surface area contributed by atoms with E-state index < -0.39 is 24.2 Å². The van der Waals surface area contributed by atoms with Crippen LogP contribution < -0.4 is 27.8 Å². The molecule has 8 N–H and O–H groups in total. The highest BCUT2D eigenvalue weighted by Gasteiger charge is 2.16. The van der Waals surface area contributed by atoms with Crippen LogP contribution in [0.4, 0.5) is 8.78 Å². The maximum Gasteiger partial charge on any atom is 0.354 e. The number of rotatable bonds is 13. The highest BCUT2D eigenvalue weighted by molar-refractivity contribution is 6.31. The molecule has 41 heavy (non-hydrogen) atoms. The standard InChI is InChI=1S/C29H35ClF2N8O/c1-17(36-10-3-11-37-28(34)35)19-6-8-22(9-7-19)40-16-20-14-25(38-27(20)39-29(40)41)23-12-18(13-24(30)26(23)32)4-2-5-21(33)15-31/h6-9,12-14,16-17,21,36H,2-5,10-11,15,33H2,1H3,(H4,34,35,37)(H,38,39,41)/t17-,21+/m0/s1. The van der Waals surface area contributed by atoms with Gasteiger partial charge >= 0.3 is 5.69 Å². The minimum atomic E-state index is -0.582. The molecule has 0 radical (unpaired) electrons. The number of hydrogen-bond acceptors (Lipinski definition) is 5. The molecule has 2 aromatic carbocycles. The van der Waals surface area contributed by atoms with E-state index in [1.54, 1.807) is 24.4 Å². The fourth-order valence-electron chi connectivity index (χ4n) is 4.63. The summed E-state index contributed by atoms with van der Waals surface area (Å²) in [5.74, 6) is -0.618. The van der Waals surface area contributed by atoms with Crippen molar-refractivity contribution in [2.24, 2.45) is 11.5 Å². The third kappa shape index (κ3) is 7.69. The first-order valence-electron chi connectivity index (χ1n) is 13.5. The smallest absolute Gasteiger partial charge is 0.354 e. The Morgan fingerprint density at radius 3 is 2.66 bits per heavy atom. The maximum absolute atomic E-state index is 15.0. The Hall–Kier alpha value is -3.80. The molecule has 0 aliphatic rings. The highest BCUT2D eigenvalue weighted by atomic mass is 35.5. The van der Waals surface area contributed by atoms with E-state index in [9.17, 15) is 9.18 Å². The lowest BCUT2D eigenvalue weighted by molar-refractivity contribution is 0.407. The molecule has 4 rings (SSSR count). The number of H-pyrrole nitrogens is 1. The molecule has 0 fully saturated rings. The number of nitrogens with two attached hydrogens (primary N) is 2. The third-order valence-corrected chi connectivity index (χ3v) is 7.19. The van der Waals surface area contributed by atoms with E-state index in [-0.39, 0.29) is 22.6 Å². The monoisotopic (exact) mass is 584 g/mol. The van der Waals surface area contributed by atoms with Crippen molar-refractivity contribution in [3.05, 3.63) is 81.1 Å². The molecule has 0 unspecified atom stereocenters. The summed E-state index contributed by atoms with van der Waals surface area (Å²) >= 11 is 6.19. The Morgan fingerprint density at radius 2 is 1.95 bits per heavy atom. The summed E-state index contributed by atoms with van der Waals surface area (Å²) in [7, 11) is 0. The number of aromatic amines is 1. The first-order chi connectivity index (χ1) is 19.7. The van der Waals surface area contributed by atoms with Crippen LogP contribution in [-0.2, 0) is 6.42 Å². The number of halogens is 3. The molecule has 0 aliphatic carbocycles. The van der Waals surface area contributed by atoms with Gasteiger partial charge < -0.3 is 27.1 Å². The molecular weight excluding hydrogens is 550 g/mol. The Labute approximate surface area is 241 Å². The van der Waals surface area contributed by atoms with Crippen LogP contribution in [0.1, 0.15) is 43.4 Å². The third-order valence-electron chi connectivity index (χ3n) is 6.92. The van der Waals surface area contributed by atoms with Crippen molar-refractivity contribution >= 4 is 28.6 Å². The summed E-state index contributed by atoms with van der Waals surface area (Å²) in [6.07, 6.45) is 4.22. The number of nitrogens with one attached hydrogen (secondary N) is 4. The minimum absolute atomic E-state index is 0.0185. The van der Waals surface area contributed by atoms with Gasteiger partial charge in [0.05, 0.1) is 16.4 Å². The zero-order chi connectivity index (χ0) is 29.5. The number of aromatic nitrogens is 3. The molecule has 0 spiro atoms. The van der Waals surface area contributed by atoms with Gasteiger partial charge in [-0.25, -0.2) is 13.6 Å². The van der Waals surface area contributed by atoms with Crippen molar-refractivity contribution in [3.8, 4) is 16.9 Å². The summed E-state index contributed by atoms with van der Waals surface area (Å²) < 4.78 is 29.2. The molecule has 0 amide bonds. The Bertz CT molecular complexity index is 1550. The van der Waals surface area contributed by atoms with Crippen LogP contribution >= 0.6 is 11.6 Å². The number of nitrogens with zero attached hydrogens (tertiary/aromatic N) is 2. The molecule has 0 bridgehead atoms. The van der Waals surface area contributed by atoms with Crippen LogP contribution in [-0.4, -0.2) is 46.3 Å². The molecule has 2 heterocycles. The zero-order valence-corrected chi connectivity index (χ0v) is 23.6. The molecule has 2 aromatic heterocycles. The van der Waals surface area contributed by atoms with Crippen LogP contribution in [0.2, 0.25) is 5.02 Å². The van der Waals surface area contributed by atoms with Crippen molar-refractivity contribution in [1.29, 1.82) is 5.41 Å². The second kappa shape index (κ2) is 13.7. The van der Waals surface area contributed by atoms with Gasteiger partial charge in [-0.15, -0.1) is 0 Å². The topological polar surface area (TPSA) is 151 Å². The number of alkyl halides is 1. The van der Waals surface area contributed by atoms with Gasteiger partial charge in [0.25, 0.3) is 0 Å². The number of guanidine groups is 1. The van der Waals surface area contributed by atoms with Crippen LogP contribution in [0.15, 0.2) is 53.5 Å². The van der Waals surface area contributed by atoms with Crippen molar-refractivity contribution < 1.29 is 8.78 Å². The summed E-state index contributed by atoms with van der Waals surface area (Å²) in [5.41, 5.74) is 14.0. The largest absolute Gasteiger partial charge is 0.370 e. The van der Waals surface area contributed by atoms with E-state index in [1.807, 2.05) is 31.2 Å². The van der Waals surface area contributed by atoms with Gasteiger partial charge in [0.1, 0.15) is 12.3 Å². The molecule has 0 saturated carbocycles. The quantitative estimate of drug-likeness (QED) is 0.0782. The summed E-state index contributed by atoms with van der Waals surface area (Å²) in [6.45, 7) is 2.84. The number of benzene rings is 2. The van der Waals surface area contributed by atoms with Gasteiger partial charge in [0.15, 0.2) is 11.8 Å². The van der Waals surface area contributed by atoms with Crippen molar-refractivity contribution in [2.75, 3.05) is 19.8 Å². The van der Waals surface area contributed by atoms with E-state index in [0.29, 0.717) is 48.2 Å². The Morgan fingerprint density at radius 1 is 1.20 bits per heavy atom. The summed E-state index contributed by atoms with van der Waals surface area (Å²) in [4.78, 5) is 20.1. The predicted molar refractivity (Wildman–Crippen MR) is 160 cm³/mol. The Kier molecular flexibility index (Phi) is 10.1. The molecule has 9 nitrogen and oxygen atoms in total. The fraction of sp³-hybridized carbons (Fsp3) is 0.345. The van der Waals surface area contributed by atoms with Crippen LogP contribution in [0, 0.1) is 11.2 Å². The normalized spacial score (nSPS) is 12.9. The van der Waals surface area contributed by atoms with Crippen molar-refractivity contribution in [1.82, 2.24) is 25.2 Å². The van der Waals surface area contributed by atoms with Crippen molar-refractivity contribution in [3.63, 3.8) is 0 Å². The van der Waals surface area contributed by atoms with E-state index in [0.717, 1.165) is 24.1 Å². The molecule has 12 heteroatoms. The lowest BCUT2D eigenvalue weighted by atomic mass is 10.0. The van der Waals surface area contributed by atoms with Gasteiger partial charge in [-0.05, 0) is 80.6 Å². The molecule has 0 saturated heterocycles. The second-order valence-corrected chi connectivity index (χ2v) is 10.5. The lowest BCUT2D eigenvalue weighted by Gasteiger charge is -2.15. The van der Waals surface area contributed by atoms with Gasteiger partial charge in [0.2, 0.25) is 0 Å². The van der Waals surface area contributed by atoms with E-state index in [4.69, 9.17) is 28.5 Å². The maximum atomic E-state index is 15.0.